The molecule has 0 aliphatic carbocycles. The van der Waals surface area contributed by atoms with Gasteiger partial charge in [0.2, 0.25) is 0 Å². The van der Waals surface area contributed by atoms with Crippen LogP contribution in [-0.4, -0.2) is 40.8 Å². The molecule has 1 aromatic heterocycles. The maximum atomic E-state index is 13.2. The Bertz CT molecular complexity index is 969. The second kappa shape index (κ2) is 7.60. The lowest BCUT2D eigenvalue weighted by molar-refractivity contribution is 0.437. The zero-order chi connectivity index (χ0) is 18.0. The standard InChI is InChI=1S/C19H20ClN3OS/c1-13-8-9-14(20)12-17(13)23-18(24)15-6-4-5-7-16(15)21-19(23)25-11-10-22(2)3/h4-9,12H,10-11H2,1-3H3. The SMILES string of the molecule is Cc1ccc(Cl)cc1-n1c(SCCN(C)C)nc2ccccc2c1=O. The van der Waals surface area contributed by atoms with Gasteiger partial charge in [0.05, 0.1) is 16.6 Å². The van der Waals surface area contributed by atoms with Gasteiger partial charge in [-0.2, -0.15) is 0 Å². The molecule has 0 saturated heterocycles. The molecule has 0 amide bonds. The van der Waals surface area contributed by atoms with Crippen LogP contribution in [0.1, 0.15) is 5.56 Å². The van der Waals surface area contributed by atoms with Crippen molar-refractivity contribution >= 4 is 34.3 Å². The van der Waals surface area contributed by atoms with Gasteiger partial charge >= 0.3 is 0 Å². The van der Waals surface area contributed by atoms with Gasteiger partial charge < -0.3 is 4.90 Å². The van der Waals surface area contributed by atoms with Gasteiger partial charge in [0, 0.05) is 17.3 Å². The van der Waals surface area contributed by atoms with Crippen molar-refractivity contribution < 1.29 is 0 Å². The van der Waals surface area contributed by atoms with Crippen LogP contribution in [0.15, 0.2) is 52.4 Å². The average molecular weight is 374 g/mol. The molecule has 0 N–H and O–H groups in total. The molecule has 6 heteroatoms. The fourth-order valence-electron chi connectivity index (χ4n) is 2.56. The Morgan fingerprint density at radius 2 is 1.96 bits per heavy atom. The topological polar surface area (TPSA) is 38.1 Å². The first kappa shape index (κ1) is 18.0. The van der Waals surface area contributed by atoms with Crippen LogP contribution in [0.25, 0.3) is 16.6 Å². The van der Waals surface area contributed by atoms with E-state index in [9.17, 15) is 4.79 Å². The van der Waals surface area contributed by atoms with E-state index in [2.05, 4.69) is 4.90 Å². The summed E-state index contributed by atoms with van der Waals surface area (Å²) < 4.78 is 1.68. The quantitative estimate of drug-likeness (QED) is 0.500. The molecule has 4 nitrogen and oxygen atoms in total. The molecule has 0 atom stereocenters. The summed E-state index contributed by atoms with van der Waals surface area (Å²) in [6.45, 7) is 2.88. The highest BCUT2D eigenvalue weighted by Crippen LogP contribution is 2.25. The van der Waals surface area contributed by atoms with E-state index < -0.39 is 0 Å². The summed E-state index contributed by atoms with van der Waals surface area (Å²) in [6, 6.07) is 13.0. The highest BCUT2D eigenvalue weighted by atomic mass is 35.5. The minimum absolute atomic E-state index is 0.0664. The van der Waals surface area contributed by atoms with Gasteiger partial charge in [-0.05, 0) is 50.8 Å². The molecular weight excluding hydrogens is 354 g/mol. The van der Waals surface area contributed by atoms with Crippen molar-refractivity contribution in [2.75, 3.05) is 26.4 Å². The number of nitrogens with zero attached hydrogens (tertiary/aromatic N) is 3. The van der Waals surface area contributed by atoms with Crippen molar-refractivity contribution in [3.8, 4) is 5.69 Å². The van der Waals surface area contributed by atoms with E-state index in [1.807, 2.05) is 63.5 Å². The number of fused-ring (bicyclic) bond motifs is 1. The molecule has 0 aliphatic heterocycles. The van der Waals surface area contributed by atoms with Crippen molar-refractivity contribution in [3.05, 3.63) is 63.4 Å². The molecule has 3 rings (SSSR count). The van der Waals surface area contributed by atoms with Crippen molar-refractivity contribution in [1.82, 2.24) is 14.5 Å². The Morgan fingerprint density at radius 3 is 2.72 bits per heavy atom. The van der Waals surface area contributed by atoms with Crippen LogP contribution in [0.4, 0.5) is 0 Å². The summed E-state index contributed by atoms with van der Waals surface area (Å²) in [7, 11) is 4.06. The van der Waals surface area contributed by atoms with Crippen LogP contribution >= 0.6 is 23.4 Å². The molecule has 1 heterocycles. The lowest BCUT2D eigenvalue weighted by Gasteiger charge is -2.16. The number of halogens is 1. The maximum absolute atomic E-state index is 13.2. The van der Waals surface area contributed by atoms with Gasteiger partial charge in [0.25, 0.3) is 5.56 Å². The molecule has 0 saturated carbocycles. The van der Waals surface area contributed by atoms with Gasteiger partial charge in [-0.25, -0.2) is 4.98 Å². The van der Waals surface area contributed by atoms with Gasteiger partial charge in [0.15, 0.2) is 5.16 Å². The first-order chi connectivity index (χ1) is 12.0. The summed E-state index contributed by atoms with van der Waals surface area (Å²) in [6.07, 6.45) is 0. The van der Waals surface area contributed by atoms with Crippen molar-refractivity contribution in [2.24, 2.45) is 0 Å². The minimum Gasteiger partial charge on any atom is -0.309 e. The predicted molar refractivity (Wildman–Crippen MR) is 106 cm³/mol. The van der Waals surface area contributed by atoms with E-state index in [1.54, 1.807) is 16.3 Å². The van der Waals surface area contributed by atoms with E-state index in [1.165, 1.54) is 0 Å². The Kier molecular flexibility index (Phi) is 5.47. The molecule has 0 unspecified atom stereocenters. The number of benzene rings is 2. The molecule has 130 valence electrons. The average Bonchev–Trinajstić information content (AvgIpc) is 2.57. The number of aryl methyl sites for hydroxylation is 1. The van der Waals surface area contributed by atoms with Crippen LogP contribution in [-0.2, 0) is 0 Å². The smallest absolute Gasteiger partial charge is 0.266 e. The zero-order valence-electron chi connectivity index (χ0n) is 14.5. The number of hydrogen-bond acceptors (Lipinski definition) is 4. The van der Waals surface area contributed by atoms with Crippen LogP contribution in [0.2, 0.25) is 5.02 Å². The zero-order valence-corrected chi connectivity index (χ0v) is 16.1. The van der Waals surface area contributed by atoms with Crippen molar-refractivity contribution in [3.63, 3.8) is 0 Å². The fraction of sp³-hybridized carbons (Fsp3) is 0.263. The largest absolute Gasteiger partial charge is 0.309 e. The Morgan fingerprint density at radius 1 is 1.20 bits per heavy atom. The van der Waals surface area contributed by atoms with Gasteiger partial charge in [0.1, 0.15) is 0 Å². The number of hydrogen-bond donors (Lipinski definition) is 0. The lowest BCUT2D eigenvalue weighted by atomic mass is 10.2. The van der Waals surface area contributed by atoms with Crippen molar-refractivity contribution in [2.45, 2.75) is 12.1 Å². The van der Waals surface area contributed by atoms with Crippen LogP contribution in [0.3, 0.4) is 0 Å². The highest BCUT2D eigenvalue weighted by Gasteiger charge is 2.15. The summed E-state index contributed by atoms with van der Waals surface area (Å²) in [5.41, 5.74) is 2.42. The third kappa shape index (κ3) is 3.89. The second-order valence-electron chi connectivity index (χ2n) is 6.13. The molecule has 2 aromatic carbocycles. The number of aromatic nitrogens is 2. The Balaban J connectivity index is 2.21. The van der Waals surface area contributed by atoms with E-state index >= 15 is 0 Å². The third-order valence-electron chi connectivity index (χ3n) is 3.93. The molecule has 0 spiro atoms. The summed E-state index contributed by atoms with van der Waals surface area (Å²) >= 11 is 7.77. The molecule has 0 bridgehead atoms. The van der Waals surface area contributed by atoms with Crippen molar-refractivity contribution in [1.29, 1.82) is 0 Å². The molecular formula is C19H20ClN3OS. The summed E-state index contributed by atoms with van der Waals surface area (Å²) in [4.78, 5) is 20.0. The van der Waals surface area contributed by atoms with Crippen LogP contribution < -0.4 is 5.56 Å². The van der Waals surface area contributed by atoms with Crippen LogP contribution in [0, 0.1) is 6.92 Å². The first-order valence-electron chi connectivity index (χ1n) is 8.03. The lowest BCUT2D eigenvalue weighted by Crippen LogP contribution is -2.23. The van der Waals surface area contributed by atoms with Gasteiger partial charge in [-0.1, -0.05) is 41.6 Å². The van der Waals surface area contributed by atoms with Gasteiger partial charge in [-0.3, -0.25) is 9.36 Å². The Labute approximate surface area is 156 Å². The number of rotatable bonds is 5. The fourth-order valence-corrected chi connectivity index (χ4v) is 3.84. The second-order valence-corrected chi connectivity index (χ2v) is 7.63. The van der Waals surface area contributed by atoms with E-state index in [4.69, 9.17) is 16.6 Å². The number of thioether (sulfide) groups is 1. The number of para-hydroxylation sites is 1. The predicted octanol–water partition coefficient (Wildman–Crippen LogP) is 4.00. The third-order valence-corrected chi connectivity index (χ3v) is 5.08. The highest BCUT2D eigenvalue weighted by molar-refractivity contribution is 7.99. The first-order valence-corrected chi connectivity index (χ1v) is 9.39. The Hall–Kier alpha value is -1.82. The van der Waals surface area contributed by atoms with E-state index in [0.29, 0.717) is 15.6 Å². The monoisotopic (exact) mass is 373 g/mol. The summed E-state index contributed by atoms with van der Waals surface area (Å²) in [5, 5.41) is 1.90. The summed E-state index contributed by atoms with van der Waals surface area (Å²) in [5.74, 6) is 0.845. The molecule has 25 heavy (non-hydrogen) atoms. The van der Waals surface area contributed by atoms with E-state index in [0.717, 1.165) is 29.1 Å². The molecule has 3 aromatic rings. The van der Waals surface area contributed by atoms with Gasteiger partial charge in [-0.15, -0.1) is 0 Å². The molecule has 0 fully saturated rings. The van der Waals surface area contributed by atoms with E-state index in [-0.39, 0.29) is 5.56 Å². The maximum Gasteiger partial charge on any atom is 0.266 e. The minimum atomic E-state index is -0.0664. The van der Waals surface area contributed by atoms with Crippen LogP contribution in [0.5, 0.6) is 0 Å². The molecule has 0 aliphatic rings. The molecule has 0 radical (unpaired) electrons. The normalized spacial score (nSPS) is 11.4.